The van der Waals surface area contributed by atoms with Gasteiger partial charge in [0.05, 0.1) is 11.3 Å². The molecule has 6 heteroatoms. The molecule has 7 aromatic carbocycles. The summed E-state index contributed by atoms with van der Waals surface area (Å²) >= 11 is 0. The van der Waals surface area contributed by atoms with Gasteiger partial charge in [-0.15, -0.1) is 0 Å². The molecule has 252 valence electrons. The number of fused-ring (bicyclic) bond motifs is 8. The molecule has 0 aliphatic carbocycles. The quantitative estimate of drug-likeness (QED) is 0.179. The van der Waals surface area contributed by atoms with E-state index in [-0.39, 0.29) is 0 Å². The molecule has 4 heterocycles. The number of pyridine rings is 1. The fourth-order valence-corrected chi connectivity index (χ4v) is 7.60. The highest BCUT2D eigenvalue weighted by Crippen LogP contribution is 2.40. The first-order valence-corrected chi connectivity index (χ1v) is 17.9. The fraction of sp³-hybridized carbons (Fsp3) is 0. The lowest BCUT2D eigenvalue weighted by Crippen LogP contribution is -2.01. The Kier molecular flexibility index (Phi) is 6.75. The van der Waals surface area contributed by atoms with Crippen LogP contribution in [0.3, 0.4) is 0 Å². The molecule has 0 radical (unpaired) electrons. The Morgan fingerprint density at radius 2 is 0.815 bits per heavy atom. The largest absolute Gasteiger partial charge is 0.455 e. The molecule has 11 aromatic rings. The van der Waals surface area contributed by atoms with Gasteiger partial charge < -0.3 is 8.83 Å². The van der Waals surface area contributed by atoms with E-state index in [1.54, 1.807) is 0 Å². The number of hydrogen-bond donors (Lipinski definition) is 0. The minimum Gasteiger partial charge on any atom is -0.455 e. The van der Waals surface area contributed by atoms with Crippen molar-refractivity contribution in [2.24, 2.45) is 0 Å². The van der Waals surface area contributed by atoms with Crippen molar-refractivity contribution in [2.75, 3.05) is 0 Å². The van der Waals surface area contributed by atoms with Gasteiger partial charge in [-0.25, -0.2) is 19.9 Å². The molecule has 0 saturated carbocycles. The average molecular weight is 693 g/mol. The molecule has 0 saturated heterocycles. The molecule has 0 N–H and O–H groups in total. The normalized spacial score (nSPS) is 11.7. The van der Waals surface area contributed by atoms with E-state index in [4.69, 9.17) is 28.8 Å². The zero-order chi connectivity index (χ0) is 35.6. The standard InChI is InChI=1S/C48H28N4O2/c1-2-13-31(14-3-1)46-50-47(52-48(51-46)39-22-12-21-35-33-16-8-10-23-40(33)53-44(35)39)37-19-7-4-15-32(37)29-25-27-30(28-26-29)42-34-17-5-6-18-36(34)45-43(49-42)38-20-9-11-24-41(38)54-45/h1-28H. The van der Waals surface area contributed by atoms with Crippen LogP contribution < -0.4 is 0 Å². The van der Waals surface area contributed by atoms with Crippen LogP contribution in [0.15, 0.2) is 179 Å². The van der Waals surface area contributed by atoms with Gasteiger partial charge in [-0.1, -0.05) is 146 Å². The summed E-state index contributed by atoms with van der Waals surface area (Å²) in [4.78, 5) is 20.5. The first-order chi connectivity index (χ1) is 26.8. The second-order valence-corrected chi connectivity index (χ2v) is 13.4. The molecule has 54 heavy (non-hydrogen) atoms. The summed E-state index contributed by atoms with van der Waals surface area (Å²) in [6, 6.07) is 57.5. The number of hydrogen-bond acceptors (Lipinski definition) is 6. The predicted molar refractivity (Wildman–Crippen MR) is 217 cm³/mol. The van der Waals surface area contributed by atoms with Gasteiger partial charge in [0, 0.05) is 43.6 Å². The smallest absolute Gasteiger partial charge is 0.167 e. The van der Waals surface area contributed by atoms with Crippen molar-refractivity contribution in [1.29, 1.82) is 0 Å². The van der Waals surface area contributed by atoms with Crippen LogP contribution in [-0.2, 0) is 0 Å². The molecule has 0 aliphatic heterocycles. The molecule has 11 rings (SSSR count). The predicted octanol–water partition coefficient (Wildman–Crippen LogP) is 12.6. The summed E-state index contributed by atoms with van der Waals surface area (Å²) in [5.74, 6) is 1.72. The van der Waals surface area contributed by atoms with Gasteiger partial charge >= 0.3 is 0 Å². The number of furan rings is 2. The third kappa shape index (κ3) is 4.81. The Hall–Kier alpha value is -7.44. The Balaban J connectivity index is 1.06. The second kappa shape index (κ2) is 12.1. The van der Waals surface area contributed by atoms with Crippen molar-refractivity contribution in [3.05, 3.63) is 170 Å². The number of aromatic nitrogens is 4. The maximum absolute atomic E-state index is 6.43. The Labute approximate surface area is 309 Å². The van der Waals surface area contributed by atoms with Gasteiger partial charge in [0.2, 0.25) is 0 Å². The molecule has 0 atom stereocenters. The van der Waals surface area contributed by atoms with E-state index in [1.165, 1.54) is 0 Å². The molecular weight excluding hydrogens is 665 g/mol. The van der Waals surface area contributed by atoms with E-state index in [9.17, 15) is 0 Å². The average Bonchev–Trinajstić information content (AvgIpc) is 3.82. The number of nitrogens with zero attached hydrogens (tertiary/aromatic N) is 4. The number of para-hydroxylation sites is 3. The van der Waals surface area contributed by atoms with E-state index < -0.39 is 0 Å². The van der Waals surface area contributed by atoms with E-state index in [1.807, 2.05) is 97.1 Å². The topological polar surface area (TPSA) is 77.8 Å². The molecule has 4 aromatic heterocycles. The summed E-state index contributed by atoms with van der Waals surface area (Å²) in [6.07, 6.45) is 0. The van der Waals surface area contributed by atoms with Crippen LogP contribution >= 0.6 is 0 Å². The summed E-state index contributed by atoms with van der Waals surface area (Å²) in [5.41, 5.74) is 10.7. The molecule has 0 fully saturated rings. The van der Waals surface area contributed by atoms with Gasteiger partial charge in [-0.2, -0.15) is 0 Å². The maximum Gasteiger partial charge on any atom is 0.167 e. The van der Waals surface area contributed by atoms with Crippen LogP contribution in [0.4, 0.5) is 0 Å². The van der Waals surface area contributed by atoms with Crippen molar-refractivity contribution in [3.8, 4) is 56.5 Å². The second-order valence-electron chi connectivity index (χ2n) is 13.4. The molecule has 0 spiro atoms. The maximum atomic E-state index is 6.43. The molecule has 6 nitrogen and oxygen atoms in total. The molecule has 0 aliphatic rings. The van der Waals surface area contributed by atoms with Crippen LogP contribution in [0.2, 0.25) is 0 Å². The van der Waals surface area contributed by atoms with E-state index in [0.717, 1.165) is 93.9 Å². The van der Waals surface area contributed by atoms with Gasteiger partial charge in [0.25, 0.3) is 0 Å². The van der Waals surface area contributed by atoms with Crippen molar-refractivity contribution >= 4 is 54.8 Å². The van der Waals surface area contributed by atoms with Crippen LogP contribution in [0.25, 0.3) is 111 Å². The zero-order valence-electron chi connectivity index (χ0n) is 28.8. The third-order valence-corrected chi connectivity index (χ3v) is 10.2. The van der Waals surface area contributed by atoms with E-state index in [2.05, 4.69) is 72.8 Å². The lowest BCUT2D eigenvalue weighted by molar-refractivity contribution is 0.669. The molecule has 0 amide bonds. The van der Waals surface area contributed by atoms with Crippen LogP contribution in [0.1, 0.15) is 0 Å². The lowest BCUT2D eigenvalue weighted by atomic mass is 9.96. The highest BCUT2D eigenvalue weighted by molar-refractivity contribution is 6.16. The van der Waals surface area contributed by atoms with Crippen molar-refractivity contribution in [3.63, 3.8) is 0 Å². The summed E-state index contributed by atoms with van der Waals surface area (Å²) in [7, 11) is 0. The van der Waals surface area contributed by atoms with Gasteiger partial charge in [-0.05, 0) is 35.4 Å². The zero-order valence-corrected chi connectivity index (χ0v) is 28.8. The van der Waals surface area contributed by atoms with E-state index in [0.29, 0.717) is 17.5 Å². The summed E-state index contributed by atoms with van der Waals surface area (Å²) in [6.45, 7) is 0. The van der Waals surface area contributed by atoms with Crippen LogP contribution in [0, 0.1) is 0 Å². The van der Waals surface area contributed by atoms with Crippen molar-refractivity contribution < 1.29 is 8.83 Å². The highest BCUT2D eigenvalue weighted by Gasteiger charge is 2.20. The summed E-state index contributed by atoms with van der Waals surface area (Å²) in [5, 5.41) is 5.17. The van der Waals surface area contributed by atoms with Crippen LogP contribution in [-0.4, -0.2) is 19.9 Å². The highest BCUT2D eigenvalue weighted by atomic mass is 16.3. The Morgan fingerprint density at radius 3 is 1.61 bits per heavy atom. The Bertz CT molecular complexity index is 3220. The monoisotopic (exact) mass is 692 g/mol. The first-order valence-electron chi connectivity index (χ1n) is 17.9. The molecule has 0 bridgehead atoms. The fourth-order valence-electron chi connectivity index (χ4n) is 7.60. The minimum absolute atomic E-state index is 0.550. The molecule has 0 unspecified atom stereocenters. The first kappa shape index (κ1) is 30.2. The molecular formula is C48H28N4O2. The van der Waals surface area contributed by atoms with Gasteiger partial charge in [0.1, 0.15) is 22.3 Å². The Morgan fingerprint density at radius 1 is 0.296 bits per heavy atom. The number of rotatable bonds is 5. The minimum atomic E-state index is 0.550. The lowest BCUT2D eigenvalue weighted by Gasteiger charge is -2.13. The van der Waals surface area contributed by atoms with Crippen LogP contribution in [0.5, 0.6) is 0 Å². The third-order valence-electron chi connectivity index (χ3n) is 10.2. The van der Waals surface area contributed by atoms with Crippen molar-refractivity contribution in [2.45, 2.75) is 0 Å². The van der Waals surface area contributed by atoms with E-state index >= 15 is 0 Å². The van der Waals surface area contributed by atoms with Crippen molar-refractivity contribution in [1.82, 2.24) is 19.9 Å². The number of benzene rings is 7. The summed E-state index contributed by atoms with van der Waals surface area (Å²) < 4.78 is 12.7. The SMILES string of the molecule is c1ccc(-c2nc(-c3ccccc3-c3ccc(-c4nc5c6ccccc6oc5c5ccccc45)cc3)nc(-c3cccc4c3oc3ccccc34)n2)cc1. The van der Waals surface area contributed by atoms with Gasteiger partial charge in [-0.3, -0.25) is 0 Å². The van der Waals surface area contributed by atoms with Gasteiger partial charge in [0.15, 0.2) is 23.1 Å².